The van der Waals surface area contributed by atoms with E-state index in [1.54, 1.807) is 44.4 Å². The number of urea groups is 1. The third kappa shape index (κ3) is 5.42. The van der Waals surface area contributed by atoms with Crippen LogP contribution in [0.2, 0.25) is 0 Å². The average Bonchev–Trinajstić information content (AvgIpc) is 3.31. The zero-order chi connectivity index (χ0) is 24.8. The van der Waals surface area contributed by atoms with Crippen molar-refractivity contribution in [1.29, 1.82) is 0 Å². The van der Waals surface area contributed by atoms with Gasteiger partial charge in [0.1, 0.15) is 17.1 Å². The molecule has 10 heteroatoms. The van der Waals surface area contributed by atoms with E-state index in [9.17, 15) is 9.59 Å². The van der Waals surface area contributed by atoms with Crippen LogP contribution >= 0.6 is 0 Å². The van der Waals surface area contributed by atoms with E-state index in [0.29, 0.717) is 67.5 Å². The molecule has 2 heterocycles. The standard InChI is InChI=1S/C25H30N4O6/c1-32-20-7-5-4-6-18(20)27-24(31)29-12-10-25(11-13-29)15-19(28-35-25)23(30)26-16-17-8-9-21(33-2)22(14-17)34-3/h4-9,14H,10-13,15-16H2,1-3H3,(H,26,30)(H,27,31). The number of ether oxygens (including phenoxy) is 3. The second-order valence-electron chi connectivity index (χ2n) is 8.48. The lowest BCUT2D eigenvalue weighted by Gasteiger charge is -2.37. The SMILES string of the molecule is COc1ccccc1NC(=O)N1CCC2(CC1)CC(C(=O)NCc1ccc(OC)c(OC)c1)=NO2. The highest BCUT2D eigenvalue weighted by molar-refractivity contribution is 6.39. The summed E-state index contributed by atoms with van der Waals surface area (Å²) in [7, 11) is 4.71. The Balaban J connectivity index is 1.27. The number of hydrogen-bond acceptors (Lipinski definition) is 7. The molecule has 0 bridgehead atoms. The van der Waals surface area contributed by atoms with Gasteiger partial charge in [-0.3, -0.25) is 4.79 Å². The highest BCUT2D eigenvalue weighted by Gasteiger charge is 2.44. The maximum Gasteiger partial charge on any atom is 0.321 e. The van der Waals surface area contributed by atoms with Crippen molar-refractivity contribution in [2.75, 3.05) is 39.7 Å². The summed E-state index contributed by atoms with van der Waals surface area (Å²) in [5.41, 5.74) is 1.29. The van der Waals surface area contributed by atoms with Gasteiger partial charge in [-0.1, -0.05) is 23.4 Å². The summed E-state index contributed by atoms with van der Waals surface area (Å²) >= 11 is 0. The van der Waals surface area contributed by atoms with Crippen molar-refractivity contribution < 1.29 is 28.6 Å². The number of anilines is 1. The molecule has 186 valence electrons. The van der Waals surface area contributed by atoms with Crippen molar-refractivity contribution in [2.45, 2.75) is 31.4 Å². The summed E-state index contributed by atoms with van der Waals surface area (Å²) in [5, 5.41) is 9.85. The summed E-state index contributed by atoms with van der Waals surface area (Å²) in [6.07, 6.45) is 1.58. The van der Waals surface area contributed by atoms with E-state index in [1.165, 1.54) is 0 Å². The molecular formula is C25H30N4O6. The number of carbonyl (C=O) groups is 2. The number of piperidine rings is 1. The normalized spacial score (nSPS) is 16.2. The van der Waals surface area contributed by atoms with Crippen LogP contribution in [0.5, 0.6) is 17.2 Å². The summed E-state index contributed by atoms with van der Waals surface area (Å²) in [6, 6.07) is 12.6. The quantitative estimate of drug-likeness (QED) is 0.627. The van der Waals surface area contributed by atoms with Crippen LogP contribution in [0.25, 0.3) is 0 Å². The molecule has 2 aromatic rings. The lowest BCUT2D eigenvalue weighted by Crippen LogP contribution is -2.48. The molecule has 0 radical (unpaired) electrons. The number of amides is 3. The first-order valence-electron chi connectivity index (χ1n) is 11.4. The predicted molar refractivity (Wildman–Crippen MR) is 130 cm³/mol. The average molecular weight is 483 g/mol. The van der Waals surface area contributed by atoms with Crippen LogP contribution in [-0.4, -0.2) is 62.6 Å². The molecular weight excluding hydrogens is 452 g/mol. The minimum Gasteiger partial charge on any atom is -0.495 e. The molecule has 1 spiro atoms. The molecule has 2 aromatic carbocycles. The fourth-order valence-corrected chi connectivity index (χ4v) is 4.25. The zero-order valence-corrected chi connectivity index (χ0v) is 20.1. The lowest BCUT2D eigenvalue weighted by molar-refractivity contribution is -0.115. The molecule has 0 aliphatic carbocycles. The smallest absolute Gasteiger partial charge is 0.321 e. The highest BCUT2D eigenvalue weighted by atomic mass is 16.7. The summed E-state index contributed by atoms with van der Waals surface area (Å²) in [6.45, 7) is 1.32. The maximum atomic E-state index is 12.7. The highest BCUT2D eigenvalue weighted by Crippen LogP contribution is 2.35. The number of rotatable bonds is 7. The largest absolute Gasteiger partial charge is 0.495 e. The van der Waals surface area contributed by atoms with E-state index in [0.717, 1.165) is 5.56 Å². The number of likely N-dealkylation sites (tertiary alicyclic amines) is 1. The number of benzene rings is 2. The van der Waals surface area contributed by atoms with Crippen molar-refractivity contribution in [3.05, 3.63) is 48.0 Å². The minimum absolute atomic E-state index is 0.198. The second kappa shape index (κ2) is 10.5. The van der Waals surface area contributed by atoms with E-state index in [-0.39, 0.29) is 11.9 Å². The zero-order valence-electron chi connectivity index (χ0n) is 20.1. The molecule has 2 N–H and O–H groups in total. The Kier molecular flexibility index (Phi) is 7.28. The van der Waals surface area contributed by atoms with Gasteiger partial charge in [0, 0.05) is 38.9 Å². The number of nitrogens with one attached hydrogen (secondary N) is 2. The number of para-hydroxylation sites is 2. The van der Waals surface area contributed by atoms with Gasteiger partial charge in [-0.25, -0.2) is 4.79 Å². The van der Waals surface area contributed by atoms with Crippen molar-refractivity contribution in [3.8, 4) is 17.2 Å². The first kappa shape index (κ1) is 24.2. The van der Waals surface area contributed by atoms with E-state index in [1.807, 2.05) is 24.3 Å². The minimum atomic E-state index is -0.558. The molecule has 3 amide bonds. The maximum absolute atomic E-state index is 12.7. The van der Waals surface area contributed by atoms with Crippen LogP contribution in [0, 0.1) is 0 Å². The summed E-state index contributed by atoms with van der Waals surface area (Å²) in [5.74, 6) is 1.56. The number of oxime groups is 1. The first-order chi connectivity index (χ1) is 17.0. The van der Waals surface area contributed by atoms with E-state index in [4.69, 9.17) is 19.0 Å². The van der Waals surface area contributed by atoms with Crippen LogP contribution in [0.3, 0.4) is 0 Å². The van der Waals surface area contributed by atoms with Crippen LogP contribution in [0.15, 0.2) is 47.6 Å². The van der Waals surface area contributed by atoms with E-state index >= 15 is 0 Å². The van der Waals surface area contributed by atoms with Crippen LogP contribution in [-0.2, 0) is 16.2 Å². The molecule has 2 aliphatic rings. The topological polar surface area (TPSA) is 111 Å². The lowest BCUT2D eigenvalue weighted by atomic mass is 9.87. The number of carbonyl (C=O) groups excluding carboxylic acids is 2. The van der Waals surface area contributed by atoms with E-state index < -0.39 is 5.60 Å². The van der Waals surface area contributed by atoms with E-state index in [2.05, 4.69) is 15.8 Å². The molecule has 0 saturated carbocycles. The van der Waals surface area contributed by atoms with Crippen LogP contribution in [0.4, 0.5) is 10.5 Å². The van der Waals surface area contributed by atoms with Crippen molar-refractivity contribution in [3.63, 3.8) is 0 Å². The molecule has 4 rings (SSSR count). The van der Waals surface area contributed by atoms with Gasteiger partial charge in [0.15, 0.2) is 11.5 Å². The Hall–Kier alpha value is -3.95. The molecule has 35 heavy (non-hydrogen) atoms. The fraction of sp³-hybridized carbons (Fsp3) is 0.400. The molecule has 0 atom stereocenters. The van der Waals surface area contributed by atoms with Gasteiger partial charge >= 0.3 is 6.03 Å². The van der Waals surface area contributed by atoms with Crippen LogP contribution in [0.1, 0.15) is 24.8 Å². The Bertz CT molecular complexity index is 1110. The molecule has 2 aliphatic heterocycles. The Morgan fingerprint density at radius 1 is 1.00 bits per heavy atom. The third-order valence-electron chi connectivity index (χ3n) is 6.31. The van der Waals surface area contributed by atoms with Crippen molar-refractivity contribution in [1.82, 2.24) is 10.2 Å². The fourth-order valence-electron chi connectivity index (χ4n) is 4.25. The van der Waals surface area contributed by atoms with Crippen molar-refractivity contribution >= 4 is 23.3 Å². The molecule has 0 aromatic heterocycles. The number of hydrogen-bond donors (Lipinski definition) is 2. The van der Waals surface area contributed by atoms with Gasteiger partial charge in [-0.05, 0) is 29.8 Å². The number of nitrogens with zero attached hydrogens (tertiary/aromatic N) is 2. The van der Waals surface area contributed by atoms with Gasteiger partial charge in [-0.15, -0.1) is 0 Å². The number of methoxy groups -OCH3 is 3. The second-order valence-corrected chi connectivity index (χ2v) is 8.48. The van der Waals surface area contributed by atoms with Crippen molar-refractivity contribution in [2.24, 2.45) is 5.16 Å². The Labute approximate surface area is 204 Å². The van der Waals surface area contributed by atoms with Gasteiger partial charge in [0.2, 0.25) is 0 Å². The van der Waals surface area contributed by atoms with Gasteiger partial charge < -0.3 is 34.6 Å². The Morgan fingerprint density at radius 2 is 1.71 bits per heavy atom. The molecule has 1 saturated heterocycles. The van der Waals surface area contributed by atoms with Gasteiger partial charge in [-0.2, -0.15) is 0 Å². The summed E-state index contributed by atoms with van der Waals surface area (Å²) < 4.78 is 15.8. The third-order valence-corrected chi connectivity index (χ3v) is 6.31. The molecule has 10 nitrogen and oxygen atoms in total. The van der Waals surface area contributed by atoms with Crippen LogP contribution < -0.4 is 24.8 Å². The molecule has 1 fully saturated rings. The van der Waals surface area contributed by atoms with Gasteiger partial charge in [0.05, 0.1) is 27.0 Å². The molecule has 0 unspecified atom stereocenters. The monoisotopic (exact) mass is 482 g/mol. The summed E-state index contributed by atoms with van der Waals surface area (Å²) in [4.78, 5) is 32.9. The predicted octanol–water partition coefficient (Wildman–Crippen LogP) is 3.17. The Morgan fingerprint density at radius 3 is 2.43 bits per heavy atom. The van der Waals surface area contributed by atoms with Gasteiger partial charge in [0.25, 0.3) is 5.91 Å². The first-order valence-corrected chi connectivity index (χ1v) is 11.4.